The van der Waals surface area contributed by atoms with Gasteiger partial charge in [-0.1, -0.05) is 133 Å². The van der Waals surface area contributed by atoms with Gasteiger partial charge in [0.15, 0.2) is 0 Å². The Bertz CT molecular complexity index is 3870. The molecule has 62 heavy (non-hydrogen) atoms. The Morgan fingerprint density at radius 2 is 0.935 bits per heavy atom. The first kappa shape index (κ1) is 34.9. The number of thiophene rings is 1. The molecule has 0 bridgehead atoms. The van der Waals surface area contributed by atoms with Crippen molar-refractivity contribution in [2.75, 3.05) is 4.90 Å². The van der Waals surface area contributed by atoms with Crippen molar-refractivity contribution in [2.24, 2.45) is 0 Å². The van der Waals surface area contributed by atoms with Crippen molar-refractivity contribution in [1.29, 1.82) is 0 Å². The van der Waals surface area contributed by atoms with Gasteiger partial charge >= 0.3 is 0 Å². The highest BCUT2D eigenvalue weighted by atomic mass is 32.1. The van der Waals surface area contributed by atoms with Crippen molar-refractivity contribution >= 4 is 103 Å². The van der Waals surface area contributed by atoms with Crippen molar-refractivity contribution in [3.8, 4) is 22.5 Å². The Balaban J connectivity index is 0.991. The third kappa shape index (κ3) is 5.30. The average molecular weight is 808 g/mol. The highest BCUT2D eigenvalue weighted by molar-refractivity contribution is 7.25. The van der Waals surface area contributed by atoms with E-state index in [1.165, 1.54) is 85.7 Å². The quantitative estimate of drug-likeness (QED) is 0.163. The Kier molecular flexibility index (Phi) is 7.78. The first-order chi connectivity index (χ1) is 30.8. The molecular weight excluding hydrogens is 771 g/mol. The predicted molar refractivity (Wildman–Crippen MR) is 266 cm³/mol. The second kappa shape index (κ2) is 13.8. The molecule has 0 saturated heterocycles. The summed E-state index contributed by atoms with van der Waals surface area (Å²) < 4.78 is 7.45. The van der Waals surface area contributed by atoms with Gasteiger partial charge in [-0.05, 0) is 108 Å². The summed E-state index contributed by atoms with van der Waals surface area (Å²) in [5.74, 6) is 0. The lowest BCUT2D eigenvalue weighted by Gasteiger charge is -2.27. The van der Waals surface area contributed by atoms with Crippen LogP contribution in [0.5, 0.6) is 0 Å². The van der Waals surface area contributed by atoms with E-state index in [1.807, 2.05) is 11.3 Å². The molecule has 0 aliphatic carbocycles. The lowest BCUT2D eigenvalue weighted by molar-refractivity contribution is 1.17. The smallest absolute Gasteiger partial charge is 0.0547 e. The molecule has 13 rings (SSSR count). The number of hydrogen-bond acceptors (Lipinski definition) is 2. The molecule has 0 saturated carbocycles. The van der Waals surface area contributed by atoms with Crippen LogP contribution in [0.1, 0.15) is 0 Å². The third-order valence-corrected chi connectivity index (χ3v) is 13.8. The molecule has 0 amide bonds. The van der Waals surface area contributed by atoms with Crippen LogP contribution in [-0.2, 0) is 0 Å². The molecule has 0 radical (unpaired) electrons. The fraction of sp³-hybridized carbons (Fsp3) is 0. The lowest BCUT2D eigenvalue weighted by atomic mass is 9.98. The van der Waals surface area contributed by atoms with E-state index in [2.05, 4.69) is 238 Å². The van der Waals surface area contributed by atoms with E-state index in [-0.39, 0.29) is 0 Å². The summed E-state index contributed by atoms with van der Waals surface area (Å²) in [6, 6.07) is 82.2. The number of nitrogens with zero attached hydrogens (tertiary/aromatic N) is 3. The Morgan fingerprint density at radius 3 is 1.79 bits per heavy atom. The molecule has 0 fully saturated rings. The highest BCUT2D eigenvalue weighted by Gasteiger charge is 2.20. The van der Waals surface area contributed by atoms with Crippen LogP contribution in [0.4, 0.5) is 17.1 Å². The van der Waals surface area contributed by atoms with E-state index < -0.39 is 0 Å². The molecule has 3 heterocycles. The van der Waals surface area contributed by atoms with Crippen LogP contribution >= 0.6 is 11.3 Å². The van der Waals surface area contributed by atoms with Crippen LogP contribution in [0.2, 0.25) is 0 Å². The summed E-state index contributed by atoms with van der Waals surface area (Å²) in [5.41, 5.74) is 12.9. The summed E-state index contributed by atoms with van der Waals surface area (Å²) in [5, 5.41) is 10.0. The van der Waals surface area contributed by atoms with Gasteiger partial charge in [0, 0.05) is 69.9 Å². The minimum atomic E-state index is 1.10. The van der Waals surface area contributed by atoms with Crippen LogP contribution in [0, 0.1) is 0 Å². The molecular formula is C58H37N3S. The maximum Gasteiger partial charge on any atom is 0.0547 e. The summed E-state index contributed by atoms with van der Waals surface area (Å²) in [4.78, 5) is 2.43. The van der Waals surface area contributed by atoms with Gasteiger partial charge in [0.1, 0.15) is 0 Å². The Labute approximate surface area is 362 Å². The molecule has 0 aliphatic rings. The molecule has 13 aromatic rings. The number of rotatable bonds is 6. The molecule has 0 atom stereocenters. The predicted octanol–water partition coefficient (Wildman–Crippen LogP) is 16.5. The van der Waals surface area contributed by atoms with E-state index in [4.69, 9.17) is 0 Å². The minimum absolute atomic E-state index is 1.10. The molecule has 3 aromatic heterocycles. The van der Waals surface area contributed by atoms with Gasteiger partial charge in [0.25, 0.3) is 0 Å². The van der Waals surface area contributed by atoms with Crippen LogP contribution in [-0.4, -0.2) is 9.13 Å². The van der Waals surface area contributed by atoms with Crippen LogP contribution in [0.3, 0.4) is 0 Å². The van der Waals surface area contributed by atoms with Gasteiger partial charge in [-0.25, -0.2) is 0 Å². The maximum absolute atomic E-state index is 2.44. The zero-order valence-corrected chi connectivity index (χ0v) is 34.4. The Hall–Kier alpha value is -7.92. The van der Waals surface area contributed by atoms with Crippen molar-refractivity contribution in [3.05, 3.63) is 224 Å². The van der Waals surface area contributed by atoms with Crippen LogP contribution in [0.25, 0.3) is 97.1 Å². The van der Waals surface area contributed by atoms with Crippen molar-refractivity contribution in [3.63, 3.8) is 0 Å². The van der Waals surface area contributed by atoms with Crippen LogP contribution < -0.4 is 4.90 Å². The summed E-state index contributed by atoms with van der Waals surface area (Å²) >= 11 is 1.86. The summed E-state index contributed by atoms with van der Waals surface area (Å²) in [7, 11) is 0. The first-order valence-electron chi connectivity index (χ1n) is 21.2. The van der Waals surface area contributed by atoms with Gasteiger partial charge in [-0.15, -0.1) is 11.3 Å². The van der Waals surface area contributed by atoms with Gasteiger partial charge < -0.3 is 14.0 Å². The fourth-order valence-electron chi connectivity index (χ4n) is 9.97. The zero-order valence-electron chi connectivity index (χ0n) is 33.6. The SMILES string of the molecule is c1ccc(-n2c3ccccc3c3c(-c4ccc5c6ccccc6n(-c6ccc(N(c7ccc8sc9ccccc9c8c7)c7cccc8ccccc78)cc6)c5c4)cccc32)cc1. The monoisotopic (exact) mass is 807 g/mol. The van der Waals surface area contributed by atoms with Gasteiger partial charge in [0.2, 0.25) is 0 Å². The standard InChI is InChI=1S/C58H37N3S/c1-2-16-40(17-3-1)60-53-24-10-7-21-49(53)58-45(22-13-26-54(58)60)39-28-34-47-46-19-6-9-23-52(46)61(55(47)36-39)42-31-29-41(30-32-42)59(51-25-12-15-38-14-4-5-18-44(38)51)43-33-35-57-50(37-43)48-20-8-11-27-56(48)62-57/h1-37H. The molecule has 0 aliphatic heterocycles. The first-order valence-corrected chi connectivity index (χ1v) is 22.0. The topological polar surface area (TPSA) is 13.1 Å². The minimum Gasteiger partial charge on any atom is -0.310 e. The third-order valence-electron chi connectivity index (χ3n) is 12.7. The molecule has 290 valence electrons. The molecule has 3 nitrogen and oxygen atoms in total. The van der Waals surface area contributed by atoms with E-state index in [1.54, 1.807) is 0 Å². The largest absolute Gasteiger partial charge is 0.310 e. The lowest BCUT2D eigenvalue weighted by Crippen LogP contribution is -2.10. The number of hydrogen-bond donors (Lipinski definition) is 0. The number of benzene rings is 10. The number of para-hydroxylation sites is 3. The van der Waals surface area contributed by atoms with Crippen LogP contribution in [0.15, 0.2) is 224 Å². The highest BCUT2D eigenvalue weighted by Crippen LogP contribution is 2.44. The van der Waals surface area contributed by atoms with Gasteiger partial charge in [-0.3, -0.25) is 0 Å². The number of aromatic nitrogens is 2. The van der Waals surface area contributed by atoms with Crippen molar-refractivity contribution in [2.45, 2.75) is 0 Å². The second-order valence-electron chi connectivity index (χ2n) is 16.1. The van der Waals surface area contributed by atoms with Gasteiger partial charge in [0.05, 0.1) is 27.8 Å². The summed E-state index contributed by atoms with van der Waals surface area (Å²) in [6.45, 7) is 0. The Morgan fingerprint density at radius 1 is 0.339 bits per heavy atom. The molecule has 0 spiro atoms. The maximum atomic E-state index is 2.44. The second-order valence-corrected chi connectivity index (χ2v) is 17.2. The molecule has 0 N–H and O–H groups in total. The summed E-state index contributed by atoms with van der Waals surface area (Å²) in [6.07, 6.45) is 0. The van der Waals surface area contributed by atoms with E-state index >= 15 is 0 Å². The molecule has 0 unspecified atom stereocenters. The number of fused-ring (bicyclic) bond motifs is 10. The van der Waals surface area contributed by atoms with E-state index in [0.29, 0.717) is 0 Å². The molecule has 10 aromatic carbocycles. The average Bonchev–Trinajstić information content (AvgIpc) is 4.00. The molecule has 4 heteroatoms. The zero-order chi connectivity index (χ0) is 40.7. The van der Waals surface area contributed by atoms with Crippen molar-refractivity contribution in [1.82, 2.24) is 9.13 Å². The fourth-order valence-corrected chi connectivity index (χ4v) is 11.1. The van der Waals surface area contributed by atoms with E-state index in [9.17, 15) is 0 Å². The van der Waals surface area contributed by atoms with E-state index in [0.717, 1.165) is 28.4 Å². The number of anilines is 3. The van der Waals surface area contributed by atoms with Crippen molar-refractivity contribution < 1.29 is 0 Å². The normalized spacial score (nSPS) is 11.9. The van der Waals surface area contributed by atoms with Gasteiger partial charge in [-0.2, -0.15) is 0 Å².